The number of rotatable bonds is 6. The van der Waals surface area contributed by atoms with Crippen LogP contribution in [0.2, 0.25) is 0 Å². The van der Waals surface area contributed by atoms with Crippen LogP contribution in [0.4, 0.5) is 0 Å². The highest BCUT2D eigenvalue weighted by molar-refractivity contribution is 5.82. The predicted molar refractivity (Wildman–Crippen MR) is 107 cm³/mol. The number of para-hydroxylation sites is 1. The van der Waals surface area contributed by atoms with Crippen molar-refractivity contribution in [3.8, 4) is 5.75 Å². The van der Waals surface area contributed by atoms with Crippen molar-refractivity contribution in [1.82, 2.24) is 10.2 Å². The maximum absolute atomic E-state index is 12.6. The van der Waals surface area contributed by atoms with Gasteiger partial charge in [-0.1, -0.05) is 32.0 Å². The van der Waals surface area contributed by atoms with E-state index >= 15 is 0 Å². The lowest BCUT2D eigenvalue weighted by Gasteiger charge is -2.34. The molecule has 28 heavy (non-hydrogen) atoms. The van der Waals surface area contributed by atoms with Crippen LogP contribution in [0.3, 0.4) is 0 Å². The van der Waals surface area contributed by atoms with Gasteiger partial charge in [0.1, 0.15) is 11.9 Å². The number of amides is 2. The predicted octanol–water partition coefficient (Wildman–Crippen LogP) is 2.86. The van der Waals surface area contributed by atoms with Crippen LogP contribution in [0.25, 0.3) is 0 Å². The Labute approximate surface area is 167 Å². The molecule has 1 aromatic rings. The third-order valence-electron chi connectivity index (χ3n) is 5.57. The van der Waals surface area contributed by atoms with Crippen molar-refractivity contribution in [2.24, 2.45) is 0 Å². The Kier molecular flexibility index (Phi) is 6.94. The van der Waals surface area contributed by atoms with E-state index in [1.165, 1.54) is 0 Å². The molecule has 3 rings (SSSR count). The molecule has 0 radical (unpaired) electrons. The minimum absolute atomic E-state index is 0.0763. The fourth-order valence-corrected chi connectivity index (χ4v) is 3.85. The first-order chi connectivity index (χ1) is 13.5. The molecule has 0 spiro atoms. The van der Waals surface area contributed by atoms with Gasteiger partial charge in [-0.15, -0.1) is 0 Å². The molecule has 2 amide bonds. The second-order valence-corrected chi connectivity index (χ2v) is 8.06. The van der Waals surface area contributed by atoms with Gasteiger partial charge in [-0.2, -0.15) is 0 Å². The number of likely N-dealkylation sites (tertiary alicyclic amines) is 1. The van der Waals surface area contributed by atoms with Gasteiger partial charge in [0.05, 0.1) is 0 Å². The summed E-state index contributed by atoms with van der Waals surface area (Å²) in [5.74, 6) is 1.08. The summed E-state index contributed by atoms with van der Waals surface area (Å²) in [6.45, 7) is 8.00. The highest BCUT2D eigenvalue weighted by Crippen LogP contribution is 2.27. The van der Waals surface area contributed by atoms with Crippen LogP contribution in [-0.4, -0.2) is 54.7 Å². The molecular formula is C22H32N2O4. The zero-order chi connectivity index (χ0) is 20.1. The quantitative estimate of drug-likeness (QED) is 0.814. The molecule has 1 N–H and O–H groups in total. The summed E-state index contributed by atoms with van der Waals surface area (Å²) in [7, 11) is 0. The summed E-state index contributed by atoms with van der Waals surface area (Å²) in [6.07, 6.45) is 2.48. The van der Waals surface area contributed by atoms with Gasteiger partial charge in [0, 0.05) is 25.7 Å². The van der Waals surface area contributed by atoms with Gasteiger partial charge < -0.3 is 19.7 Å². The molecule has 2 aliphatic heterocycles. The summed E-state index contributed by atoms with van der Waals surface area (Å²) in [4.78, 5) is 26.9. The molecule has 2 saturated heterocycles. The Balaban J connectivity index is 1.47. The minimum atomic E-state index is -0.563. The molecule has 0 bridgehead atoms. The first-order valence-corrected chi connectivity index (χ1v) is 10.4. The van der Waals surface area contributed by atoms with E-state index in [1.807, 2.05) is 29.2 Å². The van der Waals surface area contributed by atoms with Gasteiger partial charge in [0.15, 0.2) is 6.10 Å². The fraction of sp³-hybridized carbons (Fsp3) is 0.636. The van der Waals surface area contributed by atoms with E-state index in [0.717, 1.165) is 37.0 Å². The number of ether oxygens (including phenoxy) is 2. The van der Waals surface area contributed by atoms with E-state index < -0.39 is 6.10 Å². The number of piperidine rings is 1. The third kappa shape index (κ3) is 5.04. The van der Waals surface area contributed by atoms with E-state index in [1.54, 1.807) is 6.92 Å². The average molecular weight is 389 g/mol. The summed E-state index contributed by atoms with van der Waals surface area (Å²) < 4.78 is 11.4. The maximum Gasteiger partial charge on any atom is 0.260 e. The molecule has 1 aromatic carbocycles. The van der Waals surface area contributed by atoms with Gasteiger partial charge in [0.2, 0.25) is 0 Å². The van der Waals surface area contributed by atoms with Crippen LogP contribution >= 0.6 is 0 Å². The molecule has 0 aliphatic carbocycles. The number of hydrogen-bond acceptors (Lipinski definition) is 4. The van der Waals surface area contributed by atoms with Crippen LogP contribution in [-0.2, 0) is 14.3 Å². The smallest absolute Gasteiger partial charge is 0.260 e. The first kappa shape index (κ1) is 20.6. The first-order valence-electron chi connectivity index (χ1n) is 10.4. The molecule has 2 unspecified atom stereocenters. The number of nitrogens with one attached hydrogen (secondary N) is 1. The number of carbonyl (C=O) groups is 2. The Bertz CT molecular complexity index is 677. The lowest BCUT2D eigenvalue weighted by molar-refractivity contribution is -0.142. The van der Waals surface area contributed by atoms with Gasteiger partial charge in [-0.3, -0.25) is 9.59 Å². The Hall–Kier alpha value is -2.08. The molecule has 6 heteroatoms. The summed E-state index contributed by atoms with van der Waals surface area (Å²) in [5.41, 5.74) is 1.10. The van der Waals surface area contributed by atoms with Crippen molar-refractivity contribution in [3.05, 3.63) is 29.8 Å². The van der Waals surface area contributed by atoms with E-state index in [9.17, 15) is 9.59 Å². The van der Waals surface area contributed by atoms with Crippen molar-refractivity contribution >= 4 is 11.8 Å². The topological polar surface area (TPSA) is 67.9 Å². The van der Waals surface area contributed by atoms with E-state index in [4.69, 9.17) is 9.47 Å². The van der Waals surface area contributed by atoms with E-state index in [0.29, 0.717) is 25.6 Å². The van der Waals surface area contributed by atoms with Crippen LogP contribution in [0.15, 0.2) is 24.3 Å². The Morgan fingerprint density at radius 2 is 1.86 bits per heavy atom. The molecular weight excluding hydrogens is 356 g/mol. The largest absolute Gasteiger partial charge is 0.481 e. The molecule has 154 valence electrons. The summed E-state index contributed by atoms with van der Waals surface area (Å²) >= 11 is 0. The Morgan fingerprint density at radius 3 is 2.50 bits per heavy atom. The number of benzene rings is 1. The number of hydrogen-bond donors (Lipinski definition) is 1. The van der Waals surface area contributed by atoms with Crippen molar-refractivity contribution in [2.45, 2.75) is 70.6 Å². The lowest BCUT2D eigenvalue weighted by atomic mass is 10.0. The van der Waals surface area contributed by atoms with Gasteiger partial charge in [-0.25, -0.2) is 0 Å². The SMILES string of the molecule is CC(Oc1ccccc1C(C)C)C(=O)NC1CCN(C(=O)C2CCCO2)CC1. The molecule has 0 saturated carbocycles. The Morgan fingerprint density at radius 1 is 1.14 bits per heavy atom. The van der Waals surface area contributed by atoms with Crippen LogP contribution < -0.4 is 10.1 Å². The second kappa shape index (κ2) is 9.41. The van der Waals surface area contributed by atoms with Crippen LogP contribution in [0, 0.1) is 0 Å². The summed E-state index contributed by atoms with van der Waals surface area (Å²) in [6, 6.07) is 7.93. The highest BCUT2D eigenvalue weighted by atomic mass is 16.5. The van der Waals surface area contributed by atoms with Crippen LogP contribution in [0.5, 0.6) is 5.75 Å². The zero-order valence-corrected chi connectivity index (χ0v) is 17.1. The summed E-state index contributed by atoms with van der Waals surface area (Å²) in [5, 5.41) is 3.08. The van der Waals surface area contributed by atoms with Gasteiger partial charge >= 0.3 is 0 Å². The van der Waals surface area contributed by atoms with Gasteiger partial charge in [-0.05, 0) is 50.2 Å². The van der Waals surface area contributed by atoms with Crippen molar-refractivity contribution < 1.29 is 19.1 Å². The molecule has 0 aromatic heterocycles. The van der Waals surface area contributed by atoms with Crippen molar-refractivity contribution in [3.63, 3.8) is 0 Å². The lowest BCUT2D eigenvalue weighted by Crippen LogP contribution is -2.50. The molecule has 6 nitrogen and oxygen atoms in total. The molecule has 2 atom stereocenters. The van der Waals surface area contributed by atoms with Crippen molar-refractivity contribution in [2.75, 3.05) is 19.7 Å². The van der Waals surface area contributed by atoms with Crippen LogP contribution in [0.1, 0.15) is 57.9 Å². The molecule has 2 heterocycles. The standard InChI is InChI=1S/C22H32N2O4/c1-15(2)18-7-4-5-8-19(18)28-16(3)21(25)23-17-10-12-24(13-11-17)22(26)20-9-6-14-27-20/h4-5,7-8,15-17,20H,6,9-14H2,1-3H3,(H,23,25). The zero-order valence-electron chi connectivity index (χ0n) is 17.1. The minimum Gasteiger partial charge on any atom is -0.481 e. The third-order valence-corrected chi connectivity index (χ3v) is 5.57. The van der Waals surface area contributed by atoms with Gasteiger partial charge in [0.25, 0.3) is 11.8 Å². The highest BCUT2D eigenvalue weighted by Gasteiger charge is 2.31. The maximum atomic E-state index is 12.6. The number of nitrogens with zero attached hydrogens (tertiary/aromatic N) is 1. The molecule has 2 aliphatic rings. The average Bonchev–Trinajstić information content (AvgIpc) is 3.23. The van der Waals surface area contributed by atoms with E-state index in [-0.39, 0.29) is 24.0 Å². The normalized spacial score (nSPS) is 21.6. The fourth-order valence-electron chi connectivity index (χ4n) is 3.85. The van der Waals surface area contributed by atoms with E-state index in [2.05, 4.69) is 19.2 Å². The number of carbonyl (C=O) groups excluding carboxylic acids is 2. The van der Waals surface area contributed by atoms with Crippen molar-refractivity contribution in [1.29, 1.82) is 0 Å². The monoisotopic (exact) mass is 388 g/mol. The second-order valence-electron chi connectivity index (χ2n) is 8.06. The molecule has 2 fully saturated rings.